The Labute approximate surface area is 208 Å². The van der Waals surface area contributed by atoms with Crippen molar-refractivity contribution in [3.8, 4) is 11.5 Å². The SMILES string of the molecule is CC(F)(F)C(F)(F)Oc1ccc(C(=O)Oc2ccc(/C=C(\Cc3ccc(N)cc3N)C(=O)O)cc2)cc1. The molecule has 0 saturated heterocycles. The highest BCUT2D eigenvalue weighted by atomic mass is 19.3. The summed E-state index contributed by atoms with van der Waals surface area (Å²) in [4.78, 5) is 24.1. The smallest absolute Gasteiger partial charge is 0.463 e. The van der Waals surface area contributed by atoms with Gasteiger partial charge in [-0.1, -0.05) is 18.2 Å². The molecule has 0 fully saturated rings. The van der Waals surface area contributed by atoms with Crippen LogP contribution in [0.25, 0.3) is 6.08 Å². The van der Waals surface area contributed by atoms with Crippen LogP contribution in [-0.4, -0.2) is 29.1 Å². The number of benzene rings is 3. The lowest BCUT2D eigenvalue weighted by Gasteiger charge is -2.23. The summed E-state index contributed by atoms with van der Waals surface area (Å²) >= 11 is 0. The van der Waals surface area contributed by atoms with Crippen molar-refractivity contribution in [2.75, 3.05) is 11.5 Å². The van der Waals surface area contributed by atoms with E-state index in [0.717, 1.165) is 24.3 Å². The average molecular weight is 518 g/mol. The topological polar surface area (TPSA) is 125 Å². The standard InChI is InChI=1S/C26H22F4N2O5/c1-25(27,28)26(29,30)37-21-10-5-16(6-11-21)24(35)36-20-8-2-15(3-9-20)12-18(23(33)34)13-17-4-7-19(31)14-22(17)32/h2-12,14H,13,31-32H2,1H3,(H,33,34)/b18-12+. The Bertz CT molecular complexity index is 1320. The summed E-state index contributed by atoms with van der Waals surface area (Å²) in [6.45, 7) is 0.0258. The summed E-state index contributed by atoms with van der Waals surface area (Å²) in [7, 11) is 0. The van der Waals surface area contributed by atoms with Crippen LogP contribution in [0.2, 0.25) is 0 Å². The van der Waals surface area contributed by atoms with Gasteiger partial charge in [0.1, 0.15) is 11.5 Å². The number of esters is 1. The van der Waals surface area contributed by atoms with Gasteiger partial charge in [-0.25, -0.2) is 9.59 Å². The van der Waals surface area contributed by atoms with E-state index in [-0.39, 0.29) is 30.2 Å². The molecule has 0 aromatic heterocycles. The van der Waals surface area contributed by atoms with Gasteiger partial charge in [-0.05, 0) is 65.7 Å². The predicted molar refractivity (Wildman–Crippen MR) is 129 cm³/mol. The van der Waals surface area contributed by atoms with Crippen LogP contribution >= 0.6 is 0 Å². The van der Waals surface area contributed by atoms with Crippen LogP contribution in [0.1, 0.15) is 28.4 Å². The number of nitrogens with two attached hydrogens (primary N) is 2. The highest BCUT2D eigenvalue weighted by Crippen LogP contribution is 2.35. The molecule has 0 radical (unpaired) electrons. The van der Waals surface area contributed by atoms with Crippen molar-refractivity contribution in [2.45, 2.75) is 25.4 Å². The highest BCUT2D eigenvalue weighted by Gasteiger charge is 2.55. The molecule has 0 unspecified atom stereocenters. The maximum absolute atomic E-state index is 13.3. The second-order valence-electron chi connectivity index (χ2n) is 8.10. The van der Waals surface area contributed by atoms with Crippen LogP contribution < -0.4 is 20.9 Å². The second kappa shape index (κ2) is 10.6. The van der Waals surface area contributed by atoms with Crippen LogP contribution in [0.4, 0.5) is 28.9 Å². The fraction of sp³-hybridized carbons (Fsp3) is 0.154. The molecule has 11 heteroatoms. The molecule has 0 atom stereocenters. The summed E-state index contributed by atoms with van der Waals surface area (Å²) in [6, 6.07) is 14.8. The number of carboxylic acid groups (broad SMARTS) is 1. The highest BCUT2D eigenvalue weighted by molar-refractivity contribution is 5.93. The van der Waals surface area contributed by atoms with Gasteiger partial charge in [0, 0.05) is 30.3 Å². The molecule has 3 aromatic carbocycles. The summed E-state index contributed by atoms with van der Waals surface area (Å²) in [5.41, 5.74) is 13.5. The number of anilines is 2. The van der Waals surface area contributed by atoms with Crippen molar-refractivity contribution >= 4 is 29.4 Å². The van der Waals surface area contributed by atoms with Crippen molar-refractivity contribution in [2.24, 2.45) is 0 Å². The number of hydrogen-bond acceptors (Lipinski definition) is 6. The number of carbonyl (C=O) groups excluding carboxylic acids is 1. The van der Waals surface area contributed by atoms with Crippen molar-refractivity contribution in [1.82, 2.24) is 0 Å². The van der Waals surface area contributed by atoms with E-state index in [1.165, 1.54) is 36.4 Å². The number of alkyl halides is 4. The molecule has 0 saturated carbocycles. The third-order valence-corrected chi connectivity index (χ3v) is 5.10. The van der Waals surface area contributed by atoms with Gasteiger partial charge in [0.05, 0.1) is 5.56 Å². The first-order chi connectivity index (χ1) is 17.2. The van der Waals surface area contributed by atoms with Crippen LogP contribution in [0, 0.1) is 0 Å². The zero-order valence-corrected chi connectivity index (χ0v) is 19.4. The van der Waals surface area contributed by atoms with Crippen LogP contribution in [-0.2, 0) is 11.2 Å². The minimum Gasteiger partial charge on any atom is -0.478 e. The molecule has 0 spiro atoms. The Balaban J connectivity index is 1.67. The molecule has 0 aliphatic heterocycles. The first-order valence-corrected chi connectivity index (χ1v) is 10.7. The zero-order valence-electron chi connectivity index (χ0n) is 19.4. The second-order valence-corrected chi connectivity index (χ2v) is 8.10. The van der Waals surface area contributed by atoms with Gasteiger partial charge < -0.3 is 26.0 Å². The number of ether oxygens (including phenoxy) is 2. The number of aliphatic carboxylic acids is 1. The molecular weight excluding hydrogens is 496 g/mol. The van der Waals surface area contributed by atoms with Gasteiger partial charge in [-0.3, -0.25) is 0 Å². The number of carbonyl (C=O) groups is 2. The quantitative estimate of drug-likeness (QED) is 0.114. The monoisotopic (exact) mass is 518 g/mol. The first-order valence-electron chi connectivity index (χ1n) is 10.7. The van der Waals surface area contributed by atoms with Crippen molar-refractivity contribution in [3.63, 3.8) is 0 Å². The van der Waals surface area contributed by atoms with Gasteiger partial charge in [-0.15, -0.1) is 0 Å². The lowest BCUT2D eigenvalue weighted by molar-refractivity contribution is -0.301. The van der Waals surface area contributed by atoms with E-state index >= 15 is 0 Å². The normalized spacial score (nSPS) is 12.2. The van der Waals surface area contributed by atoms with Crippen molar-refractivity contribution in [1.29, 1.82) is 0 Å². The van der Waals surface area contributed by atoms with E-state index in [2.05, 4.69) is 4.74 Å². The van der Waals surface area contributed by atoms with Crippen LogP contribution in [0.5, 0.6) is 11.5 Å². The summed E-state index contributed by atoms with van der Waals surface area (Å²) in [6.07, 6.45) is -3.23. The maximum atomic E-state index is 13.3. The molecule has 194 valence electrons. The maximum Gasteiger partial charge on any atom is 0.463 e. The Morgan fingerprint density at radius 2 is 1.51 bits per heavy atom. The summed E-state index contributed by atoms with van der Waals surface area (Å²) < 4.78 is 61.8. The van der Waals surface area contributed by atoms with E-state index < -0.39 is 29.7 Å². The number of hydrogen-bond donors (Lipinski definition) is 3. The van der Waals surface area contributed by atoms with Gasteiger partial charge in [0.2, 0.25) is 0 Å². The number of halogens is 4. The third kappa shape index (κ3) is 7.00. The lowest BCUT2D eigenvalue weighted by atomic mass is 10.0. The van der Waals surface area contributed by atoms with Gasteiger partial charge >= 0.3 is 24.0 Å². The first kappa shape index (κ1) is 27.1. The van der Waals surface area contributed by atoms with E-state index in [0.29, 0.717) is 22.5 Å². The Kier molecular flexibility index (Phi) is 7.76. The van der Waals surface area contributed by atoms with E-state index in [1.807, 2.05) is 0 Å². The van der Waals surface area contributed by atoms with Gasteiger partial charge in [0.25, 0.3) is 0 Å². The summed E-state index contributed by atoms with van der Waals surface area (Å²) in [5, 5.41) is 9.57. The lowest BCUT2D eigenvalue weighted by Crippen LogP contribution is -2.42. The van der Waals surface area contributed by atoms with E-state index in [4.69, 9.17) is 16.2 Å². The summed E-state index contributed by atoms with van der Waals surface area (Å²) in [5.74, 6) is -6.82. The van der Waals surface area contributed by atoms with Crippen LogP contribution in [0.15, 0.2) is 72.3 Å². The van der Waals surface area contributed by atoms with E-state index in [9.17, 15) is 32.3 Å². The molecule has 0 bridgehead atoms. The Morgan fingerprint density at radius 1 is 0.919 bits per heavy atom. The molecule has 7 nitrogen and oxygen atoms in total. The van der Waals surface area contributed by atoms with Crippen LogP contribution in [0.3, 0.4) is 0 Å². The molecule has 0 aliphatic rings. The fourth-order valence-corrected chi connectivity index (χ4v) is 3.06. The molecular formula is C26H22F4N2O5. The third-order valence-electron chi connectivity index (χ3n) is 5.10. The minimum absolute atomic E-state index is 0.0258. The zero-order chi connectivity index (χ0) is 27.4. The van der Waals surface area contributed by atoms with Gasteiger partial charge in [-0.2, -0.15) is 17.6 Å². The predicted octanol–water partition coefficient (Wildman–Crippen LogP) is 5.41. The molecule has 3 aromatic rings. The Morgan fingerprint density at radius 3 is 2.05 bits per heavy atom. The molecule has 0 heterocycles. The van der Waals surface area contributed by atoms with E-state index in [1.54, 1.807) is 12.1 Å². The van der Waals surface area contributed by atoms with Crippen molar-refractivity contribution < 1.29 is 41.7 Å². The molecule has 0 aliphatic carbocycles. The molecule has 5 N–H and O–H groups in total. The number of nitrogen functional groups attached to an aromatic ring is 2. The number of carboxylic acids is 1. The fourth-order valence-electron chi connectivity index (χ4n) is 3.06. The Hall–Kier alpha value is -4.54. The molecule has 3 rings (SSSR count). The minimum atomic E-state index is -4.73. The number of rotatable bonds is 9. The average Bonchev–Trinajstić information content (AvgIpc) is 2.80. The van der Waals surface area contributed by atoms with Crippen molar-refractivity contribution in [3.05, 3.63) is 89.0 Å². The molecule has 37 heavy (non-hydrogen) atoms. The van der Waals surface area contributed by atoms with Gasteiger partial charge in [0.15, 0.2) is 0 Å². The molecule has 0 amide bonds. The largest absolute Gasteiger partial charge is 0.478 e.